The largest absolute Gasteiger partial charge is 0.383 e. The first kappa shape index (κ1) is 13.6. The molecule has 0 radical (unpaired) electrons. The predicted octanol–water partition coefficient (Wildman–Crippen LogP) is 1.31. The highest BCUT2D eigenvalue weighted by Crippen LogP contribution is 2.14. The van der Waals surface area contributed by atoms with Crippen molar-refractivity contribution in [3.8, 4) is 0 Å². The van der Waals surface area contributed by atoms with Gasteiger partial charge in [0, 0.05) is 13.7 Å². The number of ether oxygens (including phenoxy) is 1. The second kappa shape index (κ2) is 6.98. The van der Waals surface area contributed by atoms with E-state index in [2.05, 4.69) is 10.6 Å². The van der Waals surface area contributed by atoms with Crippen LogP contribution in [0.25, 0.3) is 0 Å². The van der Waals surface area contributed by atoms with Gasteiger partial charge < -0.3 is 15.4 Å². The van der Waals surface area contributed by atoms with Gasteiger partial charge in [0.1, 0.15) is 5.82 Å². The van der Waals surface area contributed by atoms with Gasteiger partial charge in [0.2, 0.25) is 5.91 Å². The summed E-state index contributed by atoms with van der Waals surface area (Å²) < 4.78 is 18.2. The van der Waals surface area contributed by atoms with E-state index in [1.807, 2.05) is 0 Å². The summed E-state index contributed by atoms with van der Waals surface area (Å²) in [7, 11) is 1.59. The molecule has 5 heteroatoms. The first-order chi connectivity index (χ1) is 8.13. The van der Waals surface area contributed by atoms with Gasteiger partial charge in [0.25, 0.3) is 0 Å². The number of amides is 1. The molecule has 0 heterocycles. The smallest absolute Gasteiger partial charge is 0.238 e. The average molecular weight is 240 g/mol. The lowest BCUT2D eigenvalue weighted by Gasteiger charge is -2.07. The number of hydrogen-bond donors (Lipinski definition) is 2. The van der Waals surface area contributed by atoms with Crippen molar-refractivity contribution in [1.29, 1.82) is 0 Å². The molecule has 0 aliphatic carbocycles. The van der Waals surface area contributed by atoms with Gasteiger partial charge in [0.15, 0.2) is 0 Å². The van der Waals surface area contributed by atoms with Gasteiger partial charge in [0.05, 0.1) is 18.8 Å². The minimum absolute atomic E-state index is 0.136. The standard InChI is InChI=1S/C12H17FN2O2/c1-9-3-4-11(10(13)7-9)15-12(16)8-14-5-6-17-2/h3-4,7,14H,5-6,8H2,1-2H3,(H,15,16). The summed E-state index contributed by atoms with van der Waals surface area (Å²) >= 11 is 0. The molecule has 1 amide bonds. The van der Waals surface area contributed by atoms with Gasteiger partial charge in [-0.3, -0.25) is 4.79 Å². The van der Waals surface area contributed by atoms with Gasteiger partial charge in [-0.2, -0.15) is 0 Å². The number of rotatable bonds is 6. The molecule has 0 spiro atoms. The van der Waals surface area contributed by atoms with Crippen LogP contribution in [0.4, 0.5) is 10.1 Å². The Morgan fingerprint density at radius 1 is 1.47 bits per heavy atom. The monoisotopic (exact) mass is 240 g/mol. The molecule has 0 saturated carbocycles. The Morgan fingerprint density at radius 3 is 2.88 bits per heavy atom. The third-order valence-electron chi connectivity index (χ3n) is 2.17. The Labute approximate surface area is 100 Å². The molecule has 0 atom stereocenters. The summed E-state index contributed by atoms with van der Waals surface area (Å²) in [4.78, 5) is 11.4. The van der Waals surface area contributed by atoms with Crippen LogP contribution in [-0.2, 0) is 9.53 Å². The van der Waals surface area contributed by atoms with Crippen molar-refractivity contribution < 1.29 is 13.9 Å². The zero-order valence-corrected chi connectivity index (χ0v) is 10.0. The number of carbonyl (C=O) groups is 1. The van der Waals surface area contributed by atoms with Gasteiger partial charge in [-0.15, -0.1) is 0 Å². The van der Waals surface area contributed by atoms with E-state index in [9.17, 15) is 9.18 Å². The maximum Gasteiger partial charge on any atom is 0.238 e. The highest BCUT2D eigenvalue weighted by Gasteiger charge is 2.06. The summed E-state index contributed by atoms with van der Waals surface area (Å²) in [5.41, 5.74) is 1.02. The molecule has 0 aliphatic rings. The van der Waals surface area contributed by atoms with E-state index in [1.165, 1.54) is 6.07 Å². The lowest BCUT2D eigenvalue weighted by atomic mass is 10.2. The third-order valence-corrected chi connectivity index (χ3v) is 2.17. The quantitative estimate of drug-likeness (QED) is 0.737. The molecule has 0 fully saturated rings. The van der Waals surface area contributed by atoms with Crippen molar-refractivity contribution in [2.24, 2.45) is 0 Å². The van der Waals surface area contributed by atoms with Crippen LogP contribution in [0.15, 0.2) is 18.2 Å². The molecule has 0 aliphatic heterocycles. The highest BCUT2D eigenvalue weighted by atomic mass is 19.1. The molecule has 1 rings (SSSR count). The lowest BCUT2D eigenvalue weighted by Crippen LogP contribution is -2.30. The Kier molecular flexibility index (Phi) is 5.59. The van der Waals surface area contributed by atoms with Gasteiger partial charge in [-0.05, 0) is 24.6 Å². The van der Waals surface area contributed by atoms with E-state index in [4.69, 9.17) is 4.74 Å². The fourth-order valence-electron chi connectivity index (χ4n) is 1.29. The molecule has 0 aromatic heterocycles. The van der Waals surface area contributed by atoms with E-state index in [1.54, 1.807) is 26.2 Å². The minimum Gasteiger partial charge on any atom is -0.383 e. The fourth-order valence-corrected chi connectivity index (χ4v) is 1.29. The number of halogens is 1. The molecular formula is C12H17FN2O2. The Morgan fingerprint density at radius 2 is 2.24 bits per heavy atom. The molecule has 0 unspecified atom stereocenters. The average Bonchev–Trinajstić information content (AvgIpc) is 2.28. The van der Waals surface area contributed by atoms with E-state index in [0.29, 0.717) is 13.2 Å². The SMILES string of the molecule is COCCNCC(=O)Nc1ccc(C)cc1F. The third kappa shape index (κ3) is 4.93. The zero-order valence-electron chi connectivity index (χ0n) is 10.0. The van der Waals surface area contributed by atoms with Crippen molar-refractivity contribution in [2.75, 3.05) is 32.1 Å². The van der Waals surface area contributed by atoms with Crippen LogP contribution in [0.5, 0.6) is 0 Å². The van der Waals surface area contributed by atoms with Crippen LogP contribution in [0.1, 0.15) is 5.56 Å². The highest BCUT2D eigenvalue weighted by molar-refractivity contribution is 5.92. The van der Waals surface area contributed by atoms with E-state index in [-0.39, 0.29) is 18.1 Å². The summed E-state index contributed by atoms with van der Waals surface area (Å²) in [6, 6.07) is 4.68. The van der Waals surface area contributed by atoms with Crippen LogP contribution in [0.2, 0.25) is 0 Å². The van der Waals surface area contributed by atoms with Gasteiger partial charge in [-0.25, -0.2) is 4.39 Å². The van der Waals surface area contributed by atoms with Crippen LogP contribution < -0.4 is 10.6 Å². The molecule has 1 aromatic rings. The van der Waals surface area contributed by atoms with Crippen molar-refractivity contribution >= 4 is 11.6 Å². The Balaban J connectivity index is 2.40. The van der Waals surface area contributed by atoms with Crippen LogP contribution in [0, 0.1) is 12.7 Å². The fraction of sp³-hybridized carbons (Fsp3) is 0.417. The molecule has 17 heavy (non-hydrogen) atoms. The maximum atomic E-state index is 13.4. The zero-order chi connectivity index (χ0) is 12.7. The first-order valence-corrected chi connectivity index (χ1v) is 5.39. The summed E-state index contributed by atoms with van der Waals surface area (Å²) in [6.45, 7) is 3.05. The second-order valence-electron chi connectivity index (χ2n) is 3.70. The molecular weight excluding hydrogens is 223 g/mol. The number of nitrogens with one attached hydrogen (secondary N) is 2. The number of benzene rings is 1. The molecule has 0 saturated heterocycles. The Hall–Kier alpha value is -1.46. The second-order valence-corrected chi connectivity index (χ2v) is 3.70. The van der Waals surface area contributed by atoms with Crippen LogP contribution in [-0.4, -0.2) is 32.7 Å². The number of carbonyl (C=O) groups excluding carboxylic acids is 1. The number of hydrogen-bond acceptors (Lipinski definition) is 3. The van der Waals surface area contributed by atoms with Crippen LogP contribution in [0.3, 0.4) is 0 Å². The number of anilines is 1. The van der Waals surface area contributed by atoms with E-state index < -0.39 is 5.82 Å². The van der Waals surface area contributed by atoms with Crippen molar-refractivity contribution in [3.63, 3.8) is 0 Å². The van der Waals surface area contributed by atoms with Crippen LogP contribution >= 0.6 is 0 Å². The maximum absolute atomic E-state index is 13.4. The first-order valence-electron chi connectivity index (χ1n) is 5.39. The summed E-state index contributed by atoms with van der Waals surface area (Å²) in [5.74, 6) is -0.695. The molecule has 94 valence electrons. The lowest BCUT2D eigenvalue weighted by molar-refractivity contribution is -0.115. The van der Waals surface area contributed by atoms with Gasteiger partial charge in [-0.1, -0.05) is 6.07 Å². The summed E-state index contributed by atoms with van der Waals surface area (Å²) in [6.07, 6.45) is 0. The van der Waals surface area contributed by atoms with Gasteiger partial charge >= 0.3 is 0 Å². The van der Waals surface area contributed by atoms with Crippen molar-refractivity contribution in [1.82, 2.24) is 5.32 Å². The molecule has 0 bridgehead atoms. The minimum atomic E-state index is -0.421. The molecule has 4 nitrogen and oxygen atoms in total. The van der Waals surface area contributed by atoms with Crippen molar-refractivity contribution in [3.05, 3.63) is 29.6 Å². The Bertz CT molecular complexity index is 383. The predicted molar refractivity (Wildman–Crippen MR) is 64.5 cm³/mol. The normalized spacial score (nSPS) is 10.3. The molecule has 2 N–H and O–H groups in total. The van der Waals surface area contributed by atoms with E-state index in [0.717, 1.165) is 5.56 Å². The van der Waals surface area contributed by atoms with Crippen molar-refractivity contribution in [2.45, 2.75) is 6.92 Å². The summed E-state index contributed by atoms with van der Waals surface area (Å²) in [5, 5.41) is 5.37. The number of methoxy groups -OCH3 is 1. The number of aryl methyl sites for hydroxylation is 1. The topological polar surface area (TPSA) is 50.4 Å². The molecule has 1 aromatic carbocycles. The van der Waals surface area contributed by atoms with E-state index >= 15 is 0 Å².